The van der Waals surface area contributed by atoms with E-state index in [1.54, 1.807) is 25.1 Å². The van der Waals surface area contributed by atoms with Crippen LogP contribution in [0.4, 0.5) is 5.69 Å². The molecule has 0 radical (unpaired) electrons. The minimum Gasteiger partial charge on any atom is -0.267 e. The molecule has 17 heavy (non-hydrogen) atoms. The van der Waals surface area contributed by atoms with Crippen LogP contribution in [0.15, 0.2) is 28.3 Å². The van der Waals surface area contributed by atoms with Crippen molar-refractivity contribution in [2.45, 2.75) is 6.92 Å². The van der Waals surface area contributed by atoms with Crippen LogP contribution in [0.1, 0.15) is 5.56 Å². The van der Waals surface area contributed by atoms with Crippen molar-refractivity contribution in [1.82, 2.24) is 0 Å². The standard InChI is InChI=1S/C11H6Cl3NO2/c1-5-3-2-4-6(12)9(5)15-10(16)7(13)8(14)11(15)17/h2-4H,1H3. The van der Waals surface area contributed by atoms with E-state index in [1.165, 1.54) is 0 Å². The van der Waals surface area contributed by atoms with Crippen molar-refractivity contribution in [2.24, 2.45) is 0 Å². The Morgan fingerprint density at radius 1 is 1.00 bits per heavy atom. The SMILES string of the molecule is Cc1cccc(Cl)c1N1C(=O)C(Cl)=C(Cl)C1=O. The van der Waals surface area contributed by atoms with Gasteiger partial charge in [-0.1, -0.05) is 46.9 Å². The molecule has 1 heterocycles. The number of hydrogen-bond donors (Lipinski definition) is 0. The van der Waals surface area contributed by atoms with Crippen LogP contribution in [0.5, 0.6) is 0 Å². The summed E-state index contributed by atoms with van der Waals surface area (Å²) in [5.41, 5.74) is 1.01. The van der Waals surface area contributed by atoms with Crippen molar-refractivity contribution in [1.29, 1.82) is 0 Å². The molecule has 0 spiro atoms. The molecular weight excluding hydrogens is 284 g/mol. The van der Waals surface area contributed by atoms with Gasteiger partial charge >= 0.3 is 0 Å². The highest BCUT2D eigenvalue weighted by atomic mass is 35.5. The van der Waals surface area contributed by atoms with Gasteiger partial charge in [0.25, 0.3) is 11.8 Å². The smallest absolute Gasteiger partial charge is 0.267 e. The fourth-order valence-corrected chi connectivity index (χ4v) is 2.22. The summed E-state index contributed by atoms with van der Waals surface area (Å²) in [5, 5.41) is -0.269. The zero-order valence-electron chi connectivity index (χ0n) is 8.63. The molecule has 2 amide bonds. The molecule has 0 saturated carbocycles. The number of amides is 2. The maximum Gasteiger partial charge on any atom is 0.278 e. The first kappa shape index (κ1) is 12.4. The van der Waals surface area contributed by atoms with E-state index in [0.29, 0.717) is 16.3 Å². The first-order valence-corrected chi connectivity index (χ1v) is 5.77. The van der Waals surface area contributed by atoms with E-state index in [-0.39, 0.29) is 10.1 Å². The molecule has 2 rings (SSSR count). The van der Waals surface area contributed by atoms with Crippen molar-refractivity contribution in [3.8, 4) is 0 Å². The van der Waals surface area contributed by atoms with Gasteiger partial charge in [-0.15, -0.1) is 0 Å². The number of carbonyl (C=O) groups excluding carboxylic acids is 2. The van der Waals surface area contributed by atoms with Crippen molar-refractivity contribution >= 4 is 52.3 Å². The highest BCUT2D eigenvalue weighted by molar-refractivity contribution is 6.62. The summed E-state index contributed by atoms with van der Waals surface area (Å²) >= 11 is 17.3. The number of carbonyl (C=O) groups is 2. The van der Waals surface area contributed by atoms with Crippen molar-refractivity contribution in [3.05, 3.63) is 38.8 Å². The predicted molar refractivity (Wildman–Crippen MR) is 67.4 cm³/mol. The molecule has 6 heteroatoms. The summed E-state index contributed by atoms with van der Waals surface area (Å²) < 4.78 is 0. The molecule has 0 N–H and O–H groups in total. The summed E-state index contributed by atoms with van der Waals surface area (Å²) in [6.07, 6.45) is 0. The maximum absolute atomic E-state index is 11.8. The van der Waals surface area contributed by atoms with Crippen LogP contribution in [0, 0.1) is 6.92 Å². The number of anilines is 1. The minimum atomic E-state index is -0.655. The summed E-state index contributed by atoms with van der Waals surface area (Å²) in [6.45, 7) is 1.74. The van der Waals surface area contributed by atoms with Gasteiger partial charge in [0.1, 0.15) is 10.1 Å². The lowest BCUT2D eigenvalue weighted by molar-refractivity contribution is -0.120. The Morgan fingerprint density at radius 3 is 2.00 bits per heavy atom. The molecule has 1 aliphatic rings. The summed E-state index contributed by atoms with van der Waals surface area (Å²) in [6, 6.07) is 5.05. The predicted octanol–water partition coefficient (Wildman–Crippen LogP) is 3.21. The molecule has 1 aromatic carbocycles. The summed E-state index contributed by atoms with van der Waals surface area (Å²) in [5.74, 6) is -1.31. The van der Waals surface area contributed by atoms with Crippen molar-refractivity contribution in [2.75, 3.05) is 4.90 Å². The molecule has 0 bridgehead atoms. The fourth-order valence-electron chi connectivity index (χ4n) is 1.59. The lowest BCUT2D eigenvalue weighted by Gasteiger charge is -2.18. The van der Waals surface area contributed by atoms with Crippen molar-refractivity contribution in [3.63, 3.8) is 0 Å². The Balaban J connectivity index is 2.58. The molecule has 88 valence electrons. The van der Waals surface area contributed by atoms with Gasteiger partial charge in [0.15, 0.2) is 0 Å². The van der Waals surface area contributed by atoms with E-state index >= 15 is 0 Å². The molecule has 0 unspecified atom stereocenters. The number of hydrogen-bond acceptors (Lipinski definition) is 2. The van der Waals surface area contributed by atoms with Gasteiger partial charge in [0.05, 0.1) is 10.7 Å². The Kier molecular flexibility index (Phi) is 3.17. The largest absolute Gasteiger partial charge is 0.278 e. The molecule has 3 nitrogen and oxygen atoms in total. The maximum atomic E-state index is 11.8. The van der Waals surface area contributed by atoms with E-state index < -0.39 is 11.8 Å². The van der Waals surface area contributed by atoms with E-state index in [9.17, 15) is 9.59 Å². The molecule has 0 fully saturated rings. The van der Waals surface area contributed by atoms with Gasteiger partial charge in [0.2, 0.25) is 0 Å². The second kappa shape index (κ2) is 4.33. The molecular formula is C11H6Cl3NO2. The number of para-hydroxylation sites is 1. The molecule has 1 aromatic rings. The van der Waals surface area contributed by atoms with Crippen LogP contribution < -0.4 is 4.90 Å². The number of nitrogens with zero attached hydrogens (tertiary/aromatic N) is 1. The molecule has 0 aromatic heterocycles. The number of rotatable bonds is 1. The lowest BCUT2D eigenvalue weighted by Crippen LogP contribution is -2.31. The third kappa shape index (κ3) is 1.84. The molecule has 0 aliphatic carbocycles. The highest BCUT2D eigenvalue weighted by Gasteiger charge is 2.39. The Morgan fingerprint density at radius 2 is 1.53 bits per heavy atom. The van der Waals surface area contributed by atoms with Crippen LogP contribution in [-0.4, -0.2) is 11.8 Å². The van der Waals surface area contributed by atoms with Crippen molar-refractivity contribution < 1.29 is 9.59 Å². The lowest BCUT2D eigenvalue weighted by atomic mass is 10.2. The summed E-state index contributed by atoms with van der Waals surface area (Å²) in [4.78, 5) is 24.5. The number of halogens is 3. The second-order valence-corrected chi connectivity index (χ2v) is 4.64. The van der Waals surface area contributed by atoms with Gasteiger partial charge in [-0.2, -0.15) is 0 Å². The molecule has 0 atom stereocenters. The normalized spacial score (nSPS) is 16.1. The average Bonchev–Trinajstić information content (AvgIpc) is 2.46. The van der Waals surface area contributed by atoms with Gasteiger partial charge in [-0.05, 0) is 18.6 Å². The Labute approximate surface area is 113 Å². The second-order valence-electron chi connectivity index (χ2n) is 3.48. The molecule has 1 aliphatic heterocycles. The van der Waals surface area contributed by atoms with E-state index in [1.807, 2.05) is 0 Å². The quantitative estimate of drug-likeness (QED) is 0.745. The monoisotopic (exact) mass is 289 g/mol. The van der Waals surface area contributed by atoms with E-state index in [0.717, 1.165) is 4.90 Å². The number of aryl methyl sites for hydroxylation is 1. The zero-order valence-corrected chi connectivity index (χ0v) is 10.9. The van der Waals surface area contributed by atoms with Crippen LogP contribution in [0.25, 0.3) is 0 Å². The number of benzene rings is 1. The van der Waals surface area contributed by atoms with Gasteiger partial charge in [0, 0.05) is 0 Å². The zero-order chi connectivity index (χ0) is 12.7. The Bertz CT molecular complexity index is 522. The number of imide groups is 1. The third-order valence-corrected chi connectivity index (χ3v) is 3.49. The van der Waals surface area contributed by atoms with Crippen LogP contribution in [-0.2, 0) is 9.59 Å². The van der Waals surface area contributed by atoms with E-state index in [4.69, 9.17) is 34.8 Å². The first-order valence-electron chi connectivity index (χ1n) is 4.64. The molecule has 0 saturated heterocycles. The van der Waals surface area contributed by atoms with Gasteiger partial charge in [-0.25, -0.2) is 4.90 Å². The van der Waals surface area contributed by atoms with Gasteiger partial charge < -0.3 is 0 Å². The Hall–Kier alpha value is -1.03. The topological polar surface area (TPSA) is 37.4 Å². The minimum absolute atomic E-state index is 0.281. The van der Waals surface area contributed by atoms with Crippen LogP contribution in [0.2, 0.25) is 5.02 Å². The third-order valence-electron chi connectivity index (χ3n) is 2.39. The van der Waals surface area contributed by atoms with E-state index in [2.05, 4.69) is 0 Å². The van der Waals surface area contributed by atoms with Crippen LogP contribution in [0.3, 0.4) is 0 Å². The average molecular weight is 291 g/mol. The first-order chi connectivity index (χ1) is 7.95. The highest BCUT2D eigenvalue weighted by Crippen LogP contribution is 2.36. The van der Waals surface area contributed by atoms with Gasteiger partial charge in [-0.3, -0.25) is 9.59 Å². The summed E-state index contributed by atoms with van der Waals surface area (Å²) in [7, 11) is 0. The van der Waals surface area contributed by atoms with Crippen LogP contribution >= 0.6 is 34.8 Å². The fraction of sp³-hybridized carbons (Fsp3) is 0.0909.